The average Bonchev–Trinajstić information content (AvgIpc) is 1.88. The summed E-state index contributed by atoms with van der Waals surface area (Å²) in [4.78, 5) is 13.4. The summed E-state index contributed by atoms with van der Waals surface area (Å²) in [5.41, 5.74) is 1.98. The Morgan fingerprint density at radius 2 is 1.91 bits per heavy atom. The maximum absolute atomic E-state index is 10.1. The van der Waals surface area contributed by atoms with Crippen molar-refractivity contribution in [3.05, 3.63) is 0 Å². The molecule has 11 heavy (non-hydrogen) atoms. The number of urea groups is 1. The zero-order valence-electron chi connectivity index (χ0n) is 6.27. The van der Waals surface area contributed by atoms with Crippen molar-refractivity contribution >= 4 is 31.1 Å². The van der Waals surface area contributed by atoms with Gasteiger partial charge >= 0.3 is 40.6 Å². The molecule has 7 heteroatoms. The van der Waals surface area contributed by atoms with Crippen LogP contribution in [0.25, 0.3) is 0 Å². The molecule has 0 saturated carbocycles. The summed E-state index contributed by atoms with van der Waals surface area (Å²) in [6, 6.07) is -0.731. The van der Waals surface area contributed by atoms with Gasteiger partial charge < -0.3 is 0 Å². The number of nitrogens with one attached hydrogen (secondary N) is 1. The summed E-state index contributed by atoms with van der Waals surface area (Å²) in [5, 5.41) is 7.88. The number of hydrogen-bond acceptors (Lipinski definition) is 2. The summed E-state index contributed by atoms with van der Waals surface area (Å²) < 4.78 is 0. The zero-order valence-corrected chi connectivity index (χ0v) is 10.7. The second-order valence-corrected chi connectivity index (χ2v) is 6.20. The monoisotopic (exact) mass is 250 g/mol. The first-order valence-electron chi connectivity index (χ1n) is 2.66. The molecule has 0 aliphatic rings. The Bertz CT molecular complexity index is 138. The molecule has 4 nitrogen and oxygen atoms in total. The van der Waals surface area contributed by atoms with Crippen LogP contribution in [-0.4, -0.2) is 17.0 Å². The van der Waals surface area contributed by atoms with Crippen LogP contribution in [0.15, 0.2) is 4.99 Å². The molecule has 0 heterocycles. The number of carbonyl (C=O) groups excluding carboxylic acids is 1. The van der Waals surface area contributed by atoms with E-state index in [0.29, 0.717) is 5.71 Å². The van der Waals surface area contributed by atoms with Gasteiger partial charge in [-0.15, -0.1) is 0 Å². The van der Waals surface area contributed by atoms with Crippen LogP contribution >= 0.6 is 19.4 Å². The van der Waals surface area contributed by atoms with Crippen molar-refractivity contribution in [2.45, 2.75) is 13.8 Å². The number of carbonyl (C=O) groups is 1. The van der Waals surface area contributed by atoms with Crippen molar-refractivity contribution in [1.29, 1.82) is 0 Å². The van der Waals surface area contributed by atoms with Gasteiger partial charge in [0.2, 0.25) is 0 Å². The van der Waals surface area contributed by atoms with Gasteiger partial charge in [-0.25, -0.2) is 15.3 Å². The van der Waals surface area contributed by atoms with Gasteiger partial charge in [0.05, 0.1) is 0 Å². The first-order valence-corrected chi connectivity index (χ1v) is 10.5. The van der Waals surface area contributed by atoms with E-state index >= 15 is 0 Å². The SMILES string of the molecule is CC(C)=NC(=O)NO.[Cl][Zn][Cl]. The molecule has 0 bridgehead atoms. The van der Waals surface area contributed by atoms with E-state index in [0.717, 1.165) is 0 Å². The fourth-order valence-electron chi connectivity index (χ4n) is 0.228. The molecule has 2 amide bonds. The second-order valence-electron chi connectivity index (χ2n) is 1.58. The fourth-order valence-corrected chi connectivity index (χ4v) is 0.228. The van der Waals surface area contributed by atoms with Crippen molar-refractivity contribution in [3.63, 3.8) is 0 Å². The molecule has 0 rings (SSSR count). The summed E-state index contributed by atoms with van der Waals surface area (Å²) in [6.07, 6.45) is 0. The molecule has 2 N–H and O–H groups in total. The van der Waals surface area contributed by atoms with Gasteiger partial charge in [-0.1, -0.05) is 0 Å². The van der Waals surface area contributed by atoms with Crippen LogP contribution in [0.4, 0.5) is 4.79 Å². The normalized spacial score (nSPS) is 6.64. The van der Waals surface area contributed by atoms with E-state index in [1.165, 1.54) is 5.48 Å². The number of aliphatic imine (C=N–C) groups is 1. The van der Waals surface area contributed by atoms with Crippen LogP contribution in [0.1, 0.15) is 13.8 Å². The Kier molecular flexibility index (Phi) is 13.0. The van der Waals surface area contributed by atoms with E-state index in [1.54, 1.807) is 13.8 Å². The van der Waals surface area contributed by atoms with Crippen molar-refractivity contribution in [1.82, 2.24) is 5.48 Å². The number of rotatable bonds is 0. The molecule has 0 radical (unpaired) electrons. The van der Waals surface area contributed by atoms with Crippen LogP contribution < -0.4 is 5.48 Å². The number of amides is 2. The molecule has 0 aromatic rings. The van der Waals surface area contributed by atoms with Crippen molar-refractivity contribution in [3.8, 4) is 0 Å². The van der Waals surface area contributed by atoms with Gasteiger partial charge in [0.15, 0.2) is 0 Å². The van der Waals surface area contributed by atoms with E-state index < -0.39 is 21.2 Å². The Hall–Kier alpha value is 0.303. The number of hydrogen-bond donors (Lipinski definition) is 2. The molecule has 0 aliphatic heterocycles. The minimum atomic E-state index is -0.931. The van der Waals surface area contributed by atoms with Crippen molar-refractivity contribution in [2.75, 3.05) is 0 Å². The standard InChI is InChI=1S/C4H8N2O2.2ClH.Zn/c1-3(2)5-4(7)6-8;;;/h8H,1-2H3,(H,6,7);2*1H;/q;;;+2/p-2. The quantitative estimate of drug-likeness (QED) is 0.299. The molecule has 0 unspecified atom stereocenters. The molecule has 0 spiro atoms. The zero-order chi connectivity index (χ0) is 9.28. The third kappa shape index (κ3) is 17.9. The summed E-state index contributed by atoms with van der Waals surface area (Å²) in [7, 11) is 9.90. The Morgan fingerprint density at radius 1 is 1.55 bits per heavy atom. The first-order chi connectivity index (χ1) is 5.08. The third-order valence-corrected chi connectivity index (χ3v) is 0.421. The van der Waals surface area contributed by atoms with Crippen LogP contribution in [0.5, 0.6) is 0 Å². The molecular weight excluding hydrogens is 244 g/mol. The van der Waals surface area contributed by atoms with Gasteiger partial charge in [0, 0.05) is 5.71 Å². The summed E-state index contributed by atoms with van der Waals surface area (Å²) in [5.74, 6) is 0. The number of halogens is 2. The molecule has 0 aromatic carbocycles. The van der Waals surface area contributed by atoms with Crippen molar-refractivity contribution < 1.29 is 25.1 Å². The van der Waals surface area contributed by atoms with Gasteiger partial charge in [0.1, 0.15) is 0 Å². The van der Waals surface area contributed by atoms with E-state index in [9.17, 15) is 4.79 Å². The summed E-state index contributed by atoms with van der Waals surface area (Å²) in [6.45, 7) is 3.32. The predicted octanol–water partition coefficient (Wildman–Crippen LogP) is 1.94. The second kappa shape index (κ2) is 10.3. The Balaban J connectivity index is 0. The summed E-state index contributed by atoms with van der Waals surface area (Å²) >= 11 is -0.931. The van der Waals surface area contributed by atoms with Gasteiger partial charge in [-0.2, -0.15) is 0 Å². The van der Waals surface area contributed by atoms with Gasteiger partial charge in [-0.05, 0) is 13.8 Å². The van der Waals surface area contributed by atoms with E-state index in [2.05, 4.69) is 4.99 Å². The first kappa shape index (κ1) is 13.9. The topological polar surface area (TPSA) is 61.7 Å². The van der Waals surface area contributed by atoms with Crippen LogP contribution in [0.2, 0.25) is 0 Å². The minimum absolute atomic E-state index is 0.608. The van der Waals surface area contributed by atoms with Crippen LogP contribution in [-0.2, 0) is 15.1 Å². The van der Waals surface area contributed by atoms with Gasteiger partial charge in [-0.3, -0.25) is 5.21 Å². The maximum atomic E-state index is 10.1. The molecule has 62 valence electrons. The molecule has 0 atom stereocenters. The molecule has 0 aliphatic carbocycles. The van der Waals surface area contributed by atoms with Crippen molar-refractivity contribution in [2.24, 2.45) is 4.99 Å². The Morgan fingerprint density at radius 3 is 2.00 bits per heavy atom. The fraction of sp³-hybridized carbons (Fsp3) is 0.500. The van der Waals surface area contributed by atoms with E-state index in [4.69, 9.17) is 24.6 Å². The average molecular weight is 252 g/mol. The molecule has 0 saturated heterocycles. The number of nitrogens with zero attached hydrogens (tertiary/aromatic N) is 1. The van der Waals surface area contributed by atoms with Gasteiger partial charge in [0.25, 0.3) is 0 Å². The Labute approximate surface area is 80.6 Å². The third-order valence-electron chi connectivity index (χ3n) is 0.421. The number of hydroxylamine groups is 1. The van der Waals surface area contributed by atoms with Crippen LogP contribution in [0.3, 0.4) is 0 Å². The molecular formula is C4H8Cl2N2O2Zn. The molecule has 0 fully saturated rings. The predicted molar refractivity (Wildman–Crippen MR) is 40.8 cm³/mol. The van der Waals surface area contributed by atoms with E-state index in [-0.39, 0.29) is 0 Å². The van der Waals surface area contributed by atoms with Crippen LogP contribution in [0, 0.1) is 0 Å². The van der Waals surface area contributed by atoms with E-state index in [1.807, 2.05) is 0 Å². The molecule has 0 aromatic heterocycles.